The summed E-state index contributed by atoms with van der Waals surface area (Å²) in [5.41, 5.74) is 1.35. The maximum Gasteiger partial charge on any atom is 0.306 e. The number of anilines is 1. The van der Waals surface area contributed by atoms with Crippen molar-refractivity contribution < 1.29 is 9.90 Å². The van der Waals surface area contributed by atoms with Gasteiger partial charge in [-0.25, -0.2) is 4.98 Å². The minimum absolute atomic E-state index is 0.103. The summed E-state index contributed by atoms with van der Waals surface area (Å²) in [6.07, 6.45) is 2.10. The molecule has 1 aromatic heterocycles. The number of nitriles is 1. The van der Waals surface area contributed by atoms with Gasteiger partial charge in [-0.2, -0.15) is 5.26 Å². The average Bonchev–Trinajstić information content (AvgIpc) is 2.95. The predicted octanol–water partition coefficient (Wildman–Crippen LogP) is 2.77. The van der Waals surface area contributed by atoms with Gasteiger partial charge in [0, 0.05) is 11.4 Å². The highest BCUT2D eigenvalue weighted by atomic mass is 16.4. The first-order valence-corrected chi connectivity index (χ1v) is 6.96. The Labute approximate surface area is 122 Å². The Morgan fingerprint density at radius 3 is 2.90 bits per heavy atom. The molecule has 5 nitrogen and oxygen atoms in total. The van der Waals surface area contributed by atoms with Crippen LogP contribution in [0.3, 0.4) is 0 Å². The summed E-state index contributed by atoms with van der Waals surface area (Å²) >= 11 is 0. The Balaban J connectivity index is 1.85. The second-order valence-corrected chi connectivity index (χ2v) is 5.37. The number of hydrogen-bond acceptors (Lipinski definition) is 4. The van der Waals surface area contributed by atoms with E-state index in [2.05, 4.69) is 16.4 Å². The summed E-state index contributed by atoms with van der Waals surface area (Å²) in [6.45, 7) is 0. The number of para-hydroxylation sites is 1. The van der Waals surface area contributed by atoms with Gasteiger partial charge in [0.05, 0.1) is 23.1 Å². The van der Waals surface area contributed by atoms with Crippen molar-refractivity contribution in [1.29, 1.82) is 5.26 Å². The highest BCUT2D eigenvalue weighted by Gasteiger charge is 2.29. The number of benzene rings is 1. The molecule has 0 spiro atoms. The number of aromatic nitrogens is 1. The van der Waals surface area contributed by atoms with E-state index in [-0.39, 0.29) is 12.0 Å². The number of aliphatic carboxylic acids is 1. The van der Waals surface area contributed by atoms with Crippen molar-refractivity contribution >= 4 is 22.7 Å². The van der Waals surface area contributed by atoms with Gasteiger partial charge in [0.1, 0.15) is 5.82 Å². The molecule has 2 atom stereocenters. The molecule has 1 fully saturated rings. The van der Waals surface area contributed by atoms with Crippen LogP contribution >= 0.6 is 0 Å². The summed E-state index contributed by atoms with van der Waals surface area (Å²) < 4.78 is 0. The first kappa shape index (κ1) is 13.4. The maximum absolute atomic E-state index is 11.0. The Morgan fingerprint density at radius 2 is 2.19 bits per heavy atom. The van der Waals surface area contributed by atoms with Gasteiger partial charge in [-0.3, -0.25) is 4.79 Å². The Bertz CT molecular complexity index is 736. The third kappa shape index (κ3) is 2.65. The van der Waals surface area contributed by atoms with Crippen LogP contribution in [0.5, 0.6) is 0 Å². The van der Waals surface area contributed by atoms with E-state index in [9.17, 15) is 10.1 Å². The van der Waals surface area contributed by atoms with Crippen LogP contribution in [0, 0.1) is 17.2 Å². The van der Waals surface area contributed by atoms with Crippen LogP contribution in [0.1, 0.15) is 24.8 Å². The van der Waals surface area contributed by atoms with Crippen LogP contribution in [0.25, 0.3) is 10.9 Å². The molecule has 2 aromatic rings. The van der Waals surface area contributed by atoms with Crippen molar-refractivity contribution in [2.75, 3.05) is 5.32 Å². The average molecular weight is 281 g/mol. The van der Waals surface area contributed by atoms with E-state index in [1.54, 1.807) is 6.07 Å². The number of fused-ring (bicyclic) bond motifs is 1. The minimum Gasteiger partial charge on any atom is -0.481 e. The quantitative estimate of drug-likeness (QED) is 0.903. The molecular formula is C16H15N3O2. The SMILES string of the molecule is N#Cc1cc(NC2CCC(C(=O)O)C2)nc2ccccc12. The van der Waals surface area contributed by atoms with E-state index in [1.165, 1.54) is 0 Å². The lowest BCUT2D eigenvalue weighted by molar-refractivity contribution is -0.141. The van der Waals surface area contributed by atoms with Crippen molar-refractivity contribution in [2.45, 2.75) is 25.3 Å². The minimum atomic E-state index is -0.733. The van der Waals surface area contributed by atoms with E-state index in [0.717, 1.165) is 17.3 Å². The molecule has 1 saturated carbocycles. The van der Waals surface area contributed by atoms with Gasteiger partial charge in [-0.15, -0.1) is 0 Å². The molecule has 0 amide bonds. The summed E-state index contributed by atoms with van der Waals surface area (Å²) in [6, 6.07) is 11.5. The van der Waals surface area contributed by atoms with Crippen molar-refractivity contribution in [3.8, 4) is 6.07 Å². The molecule has 1 aromatic carbocycles. The lowest BCUT2D eigenvalue weighted by Gasteiger charge is -2.14. The monoisotopic (exact) mass is 281 g/mol. The van der Waals surface area contributed by atoms with E-state index in [1.807, 2.05) is 24.3 Å². The Kier molecular flexibility index (Phi) is 3.44. The molecule has 21 heavy (non-hydrogen) atoms. The molecule has 1 aliphatic rings. The first-order chi connectivity index (χ1) is 10.2. The molecule has 3 rings (SSSR count). The number of carbonyl (C=O) groups is 1. The standard InChI is InChI=1S/C16H15N3O2/c17-9-11-8-15(19-14-4-2-1-3-13(11)14)18-12-6-5-10(7-12)16(20)21/h1-4,8,10,12H,5-7H2,(H,18,19)(H,20,21). The normalized spacial score (nSPS) is 21.1. The maximum atomic E-state index is 11.0. The van der Waals surface area contributed by atoms with Crippen LogP contribution in [-0.4, -0.2) is 22.1 Å². The number of hydrogen-bond donors (Lipinski definition) is 2. The lowest BCUT2D eigenvalue weighted by Crippen LogP contribution is -2.18. The largest absolute Gasteiger partial charge is 0.481 e. The van der Waals surface area contributed by atoms with E-state index < -0.39 is 5.97 Å². The topological polar surface area (TPSA) is 86.0 Å². The summed E-state index contributed by atoms with van der Waals surface area (Å²) in [5, 5.41) is 22.4. The zero-order chi connectivity index (χ0) is 14.8. The van der Waals surface area contributed by atoms with Crippen LogP contribution in [0.4, 0.5) is 5.82 Å². The lowest BCUT2D eigenvalue weighted by atomic mass is 10.1. The molecule has 0 aliphatic heterocycles. The molecule has 0 saturated heterocycles. The highest BCUT2D eigenvalue weighted by molar-refractivity contribution is 5.86. The molecule has 5 heteroatoms. The fraction of sp³-hybridized carbons (Fsp3) is 0.312. The number of carboxylic acids is 1. The third-order valence-corrected chi connectivity index (χ3v) is 3.97. The molecular weight excluding hydrogens is 266 g/mol. The van der Waals surface area contributed by atoms with Gasteiger partial charge in [0.25, 0.3) is 0 Å². The van der Waals surface area contributed by atoms with Crippen molar-refractivity contribution in [3.05, 3.63) is 35.9 Å². The van der Waals surface area contributed by atoms with Crippen LogP contribution in [0.2, 0.25) is 0 Å². The van der Waals surface area contributed by atoms with Gasteiger partial charge in [0.15, 0.2) is 0 Å². The molecule has 2 N–H and O–H groups in total. The number of rotatable bonds is 3. The number of carboxylic acid groups (broad SMARTS) is 1. The molecule has 0 bridgehead atoms. The summed E-state index contributed by atoms with van der Waals surface area (Å²) in [5.74, 6) is -0.372. The predicted molar refractivity (Wildman–Crippen MR) is 78.8 cm³/mol. The molecule has 1 heterocycles. The zero-order valence-electron chi connectivity index (χ0n) is 11.4. The van der Waals surface area contributed by atoms with Gasteiger partial charge in [-0.05, 0) is 31.4 Å². The van der Waals surface area contributed by atoms with Gasteiger partial charge >= 0.3 is 5.97 Å². The van der Waals surface area contributed by atoms with Crippen LogP contribution in [-0.2, 0) is 4.79 Å². The fourth-order valence-corrected chi connectivity index (χ4v) is 2.89. The summed E-state index contributed by atoms with van der Waals surface area (Å²) in [7, 11) is 0. The zero-order valence-corrected chi connectivity index (χ0v) is 11.4. The smallest absolute Gasteiger partial charge is 0.306 e. The van der Waals surface area contributed by atoms with E-state index in [0.29, 0.717) is 24.2 Å². The summed E-state index contributed by atoms with van der Waals surface area (Å²) in [4.78, 5) is 15.5. The van der Waals surface area contributed by atoms with Gasteiger partial charge in [-0.1, -0.05) is 18.2 Å². The molecule has 1 aliphatic carbocycles. The number of nitrogens with zero attached hydrogens (tertiary/aromatic N) is 2. The third-order valence-electron chi connectivity index (χ3n) is 3.97. The second-order valence-electron chi connectivity index (χ2n) is 5.37. The van der Waals surface area contributed by atoms with Crippen LogP contribution < -0.4 is 5.32 Å². The van der Waals surface area contributed by atoms with E-state index >= 15 is 0 Å². The molecule has 0 radical (unpaired) electrons. The fourth-order valence-electron chi connectivity index (χ4n) is 2.89. The Hall–Kier alpha value is -2.61. The van der Waals surface area contributed by atoms with Gasteiger partial charge in [0.2, 0.25) is 0 Å². The first-order valence-electron chi connectivity index (χ1n) is 6.96. The van der Waals surface area contributed by atoms with Crippen molar-refractivity contribution in [2.24, 2.45) is 5.92 Å². The number of nitrogens with one attached hydrogen (secondary N) is 1. The molecule has 106 valence electrons. The Morgan fingerprint density at radius 1 is 1.38 bits per heavy atom. The second kappa shape index (κ2) is 5.41. The van der Waals surface area contributed by atoms with Crippen molar-refractivity contribution in [3.63, 3.8) is 0 Å². The van der Waals surface area contributed by atoms with Gasteiger partial charge < -0.3 is 10.4 Å². The van der Waals surface area contributed by atoms with Crippen molar-refractivity contribution in [1.82, 2.24) is 4.98 Å². The van der Waals surface area contributed by atoms with E-state index in [4.69, 9.17) is 5.11 Å². The number of pyridine rings is 1. The highest BCUT2D eigenvalue weighted by Crippen LogP contribution is 2.29. The van der Waals surface area contributed by atoms with Crippen LogP contribution in [0.15, 0.2) is 30.3 Å². The molecule has 2 unspecified atom stereocenters.